The van der Waals surface area contributed by atoms with Gasteiger partial charge in [-0.3, -0.25) is 5.41 Å². The number of rotatable bonds is 6. The van der Waals surface area contributed by atoms with Gasteiger partial charge in [0.25, 0.3) is 0 Å². The normalized spacial score (nSPS) is 9.00. The van der Waals surface area contributed by atoms with E-state index in [2.05, 4.69) is 6.07 Å². The van der Waals surface area contributed by atoms with Crippen LogP contribution in [-0.2, 0) is 4.74 Å². The first-order valence-corrected chi connectivity index (χ1v) is 4.38. The largest absolute Gasteiger partial charge is 0.481 e. The molecule has 0 aromatic rings. The summed E-state index contributed by atoms with van der Waals surface area (Å²) in [6.07, 6.45) is 4.25. The van der Waals surface area contributed by atoms with Gasteiger partial charge in [0, 0.05) is 12.8 Å². The van der Waals surface area contributed by atoms with Crippen molar-refractivity contribution in [3.8, 4) is 6.07 Å². The highest BCUT2D eigenvalue weighted by Crippen LogP contribution is 2.03. The summed E-state index contributed by atoms with van der Waals surface area (Å²) in [6, 6.07) is 2.10. The molecule has 0 heterocycles. The van der Waals surface area contributed by atoms with Gasteiger partial charge in [-0.05, 0) is 19.8 Å². The van der Waals surface area contributed by atoms with E-state index in [4.69, 9.17) is 15.4 Å². The van der Waals surface area contributed by atoms with Crippen molar-refractivity contribution in [2.45, 2.75) is 39.0 Å². The number of nitriles is 1. The lowest BCUT2D eigenvalue weighted by Gasteiger charge is -2.03. The minimum atomic E-state index is 0.370. The Morgan fingerprint density at radius 3 is 2.75 bits per heavy atom. The van der Waals surface area contributed by atoms with Gasteiger partial charge in [-0.15, -0.1) is 0 Å². The molecular weight excluding hydrogens is 152 g/mol. The van der Waals surface area contributed by atoms with Gasteiger partial charge in [-0.2, -0.15) is 5.26 Å². The molecule has 0 aliphatic rings. The second kappa shape index (κ2) is 8.06. The van der Waals surface area contributed by atoms with Crippen molar-refractivity contribution in [1.82, 2.24) is 0 Å². The molecule has 0 radical (unpaired) electrons. The molecule has 0 atom stereocenters. The van der Waals surface area contributed by atoms with Crippen LogP contribution in [0.2, 0.25) is 0 Å². The Balaban J connectivity index is 3.09. The van der Waals surface area contributed by atoms with Crippen LogP contribution in [0.4, 0.5) is 0 Å². The lowest BCUT2D eigenvalue weighted by molar-refractivity contribution is 0.312. The number of nitrogens with one attached hydrogen (secondary N) is 1. The fourth-order valence-corrected chi connectivity index (χ4v) is 0.913. The zero-order valence-corrected chi connectivity index (χ0v) is 7.60. The summed E-state index contributed by atoms with van der Waals surface area (Å²) in [5.74, 6) is 0.370. The monoisotopic (exact) mass is 168 g/mol. The van der Waals surface area contributed by atoms with Crippen LogP contribution in [0.15, 0.2) is 0 Å². The molecule has 0 bridgehead atoms. The third-order valence-electron chi connectivity index (χ3n) is 1.51. The third-order valence-corrected chi connectivity index (χ3v) is 1.51. The van der Waals surface area contributed by atoms with E-state index in [0.717, 1.165) is 19.3 Å². The van der Waals surface area contributed by atoms with Gasteiger partial charge in [0.15, 0.2) is 5.90 Å². The van der Waals surface area contributed by atoms with Crippen molar-refractivity contribution in [3.63, 3.8) is 0 Å². The number of hydrogen-bond donors (Lipinski definition) is 1. The van der Waals surface area contributed by atoms with E-state index in [-0.39, 0.29) is 0 Å². The minimum absolute atomic E-state index is 0.370. The molecule has 0 aromatic carbocycles. The molecule has 0 aliphatic carbocycles. The van der Waals surface area contributed by atoms with Gasteiger partial charge in [-0.1, -0.05) is 6.42 Å². The van der Waals surface area contributed by atoms with Crippen LogP contribution < -0.4 is 0 Å². The highest BCUT2D eigenvalue weighted by atomic mass is 16.5. The second-order valence-electron chi connectivity index (χ2n) is 2.57. The lowest BCUT2D eigenvalue weighted by Crippen LogP contribution is -2.01. The number of ether oxygens (including phenoxy) is 1. The van der Waals surface area contributed by atoms with Crippen LogP contribution in [0, 0.1) is 16.7 Å². The summed E-state index contributed by atoms with van der Waals surface area (Å²) < 4.78 is 4.97. The quantitative estimate of drug-likeness (QED) is 0.376. The Morgan fingerprint density at radius 2 is 2.17 bits per heavy atom. The third kappa shape index (κ3) is 7.07. The Kier molecular flexibility index (Phi) is 7.36. The predicted molar refractivity (Wildman–Crippen MR) is 48.1 cm³/mol. The SMILES string of the molecule is CCOC(=N)CCCCCC#N. The second-order valence-corrected chi connectivity index (χ2v) is 2.57. The van der Waals surface area contributed by atoms with E-state index < -0.39 is 0 Å². The van der Waals surface area contributed by atoms with Crippen molar-refractivity contribution in [2.24, 2.45) is 0 Å². The maximum atomic E-state index is 8.24. The smallest absolute Gasteiger partial charge is 0.180 e. The van der Waals surface area contributed by atoms with Gasteiger partial charge in [0.2, 0.25) is 0 Å². The van der Waals surface area contributed by atoms with E-state index in [1.54, 1.807) is 0 Å². The number of hydrogen-bond acceptors (Lipinski definition) is 3. The van der Waals surface area contributed by atoms with Crippen LogP contribution in [-0.4, -0.2) is 12.5 Å². The Bertz CT molecular complexity index is 160. The van der Waals surface area contributed by atoms with Crippen molar-refractivity contribution >= 4 is 5.90 Å². The van der Waals surface area contributed by atoms with Crippen LogP contribution in [0.25, 0.3) is 0 Å². The summed E-state index contributed by atoms with van der Waals surface area (Å²) in [5, 5.41) is 15.5. The molecule has 68 valence electrons. The highest BCUT2D eigenvalue weighted by Gasteiger charge is 1.95. The lowest BCUT2D eigenvalue weighted by atomic mass is 10.1. The molecular formula is C9H16N2O. The molecule has 12 heavy (non-hydrogen) atoms. The first-order chi connectivity index (χ1) is 5.81. The zero-order chi connectivity index (χ0) is 9.23. The van der Waals surface area contributed by atoms with E-state index in [1.165, 1.54) is 0 Å². The van der Waals surface area contributed by atoms with E-state index in [0.29, 0.717) is 25.3 Å². The molecule has 0 fully saturated rings. The topological polar surface area (TPSA) is 56.9 Å². The molecule has 0 rings (SSSR count). The fraction of sp³-hybridized carbons (Fsp3) is 0.778. The molecule has 0 spiro atoms. The minimum Gasteiger partial charge on any atom is -0.481 e. The Labute approximate surface area is 73.9 Å². The summed E-state index contributed by atoms with van der Waals surface area (Å²) in [7, 11) is 0. The molecule has 0 saturated carbocycles. The first-order valence-electron chi connectivity index (χ1n) is 4.38. The molecule has 1 N–H and O–H groups in total. The zero-order valence-electron chi connectivity index (χ0n) is 7.60. The molecule has 3 heteroatoms. The molecule has 0 aliphatic heterocycles. The molecule has 0 saturated heterocycles. The van der Waals surface area contributed by atoms with Crippen molar-refractivity contribution < 1.29 is 4.74 Å². The van der Waals surface area contributed by atoms with Gasteiger partial charge in [-0.25, -0.2) is 0 Å². The summed E-state index contributed by atoms with van der Waals surface area (Å²) in [6.45, 7) is 2.46. The van der Waals surface area contributed by atoms with Crippen molar-refractivity contribution in [2.75, 3.05) is 6.61 Å². The van der Waals surface area contributed by atoms with Crippen LogP contribution in [0.5, 0.6) is 0 Å². The van der Waals surface area contributed by atoms with Gasteiger partial charge >= 0.3 is 0 Å². The predicted octanol–water partition coefficient (Wildman–Crippen LogP) is 2.47. The van der Waals surface area contributed by atoms with E-state index in [1.807, 2.05) is 6.92 Å². The number of nitrogens with zero attached hydrogens (tertiary/aromatic N) is 1. The summed E-state index contributed by atoms with van der Waals surface area (Å²) >= 11 is 0. The first kappa shape index (κ1) is 11.0. The van der Waals surface area contributed by atoms with Crippen LogP contribution in [0.3, 0.4) is 0 Å². The highest BCUT2D eigenvalue weighted by molar-refractivity contribution is 5.72. The van der Waals surface area contributed by atoms with Crippen LogP contribution in [0.1, 0.15) is 39.0 Å². The van der Waals surface area contributed by atoms with Gasteiger partial charge in [0.05, 0.1) is 12.7 Å². The van der Waals surface area contributed by atoms with Crippen LogP contribution >= 0.6 is 0 Å². The standard InChI is InChI=1S/C9H16N2O/c1-2-12-9(11)7-5-3-4-6-8-10/h11H,2-7H2,1H3. The Morgan fingerprint density at radius 1 is 1.42 bits per heavy atom. The van der Waals surface area contributed by atoms with Gasteiger partial charge in [0.1, 0.15) is 0 Å². The number of unbranched alkanes of at least 4 members (excludes halogenated alkanes) is 3. The molecule has 0 amide bonds. The molecule has 3 nitrogen and oxygen atoms in total. The molecule has 0 aromatic heterocycles. The summed E-state index contributed by atoms with van der Waals surface area (Å²) in [4.78, 5) is 0. The average Bonchev–Trinajstić information content (AvgIpc) is 2.05. The van der Waals surface area contributed by atoms with E-state index >= 15 is 0 Å². The van der Waals surface area contributed by atoms with Crippen molar-refractivity contribution in [1.29, 1.82) is 10.7 Å². The molecule has 0 unspecified atom stereocenters. The van der Waals surface area contributed by atoms with Gasteiger partial charge < -0.3 is 4.74 Å². The average molecular weight is 168 g/mol. The maximum Gasteiger partial charge on any atom is 0.180 e. The maximum absolute atomic E-state index is 8.24. The fourth-order valence-electron chi connectivity index (χ4n) is 0.913. The Hall–Kier alpha value is -1.04. The van der Waals surface area contributed by atoms with Crippen molar-refractivity contribution in [3.05, 3.63) is 0 Å². The summed E-state index contributed by atoms with van der Waals surface area (Å²) in [5.41, 5.74) is 0. The van der Waals surface area contributed by atoms with E-state index in [9.17, 15) is 0 Å².